The minimum atomic E-state index is -2.89. The molecule has 2 aliphatic rings. The predicted octanol–water partition coefficient (Wildman–Crippen LogP) is 3.61. The van der Waals surface area contributed by atoms with E-state index in [1.807, 2.05) is 27.7 Å². The largest absolute Gasteiger partial charge is 0.495 e. The topological polar surface area (TPSA) is 61.2 Å². The maximum atomic E-state index is 15.2. The minimum absolute atomic E-state index is 0.00142. The van der Waals surface area contributed by atoms with Crippen LogP contribution in [0.1, 0.15) is 65.2 Å². The lowest BCUT2D eigenvalue weighted by Crippen LogP contribution is -2.42. The molecule has 1 aromatic heterocycles. The van der Waals surface area contributed by atoms with E-state index in [1.165, 1.54) is 4.57 Å². The highest BCUT2D eigenvalue weighted by atomic mass is 19.3. The van der Waals surface area contributed by atoms with E-state index in [0.717, 1.165) is 6.07 Å². The Kier molecular flexibility index (Phi) is 4.17. The molecular formula is C19H24BF3N4O2. The van der Waals surface area contributed by atoms with Crippen molar-refractivity contribution in [2.75, 3.05) is 5.32 Å². The third-order valence-corrected chi connectivity index (χ3v) is 6.09. The van der Waals surface area contributed by atoms with Gasteiger partial charge < -0.3 is 14.6 Å². The van der Waals surface area contributed by atoms with Gasteiger partial charge in [0, 0.05) is 5.56 Å². The average Bonchev–Trinajstić information content (AvgIpc) is 3.06. The Bertz CT molecular complexity index is 988. The highest BCUT2D eigenvalue weighted by Gasteiger charge is 2.53. The van der Waals surface area contributed by atoms with Crippen molar-refractivity contribution in [3.05, 3.63) is 29.1 Å². The van der Waals surface area contributed by atoms with Gasteiger partial charge in [0.25, 0.3) is 6.43 Å². The maximum absolute atomic E-state index is 15.2. The number of halogens is 3. The molecular weight excluding hydrogens is 384 g/mol. The highest BCUT2D eigenvalue weighted by molar-refractivity contribution is 6.63. The number of hydrogen-bond acceptors (Lipinski definition) is 5. The number of anilines is 1. The molecule has 1 aromatic carbocycles. The Balaban J connectivity index is 2.00. The standard InChI is InChI=1S/C19H24BF3N4O2/c1-9-25-26-16-17(2,3)24-13-11(21)8-10(12(15(22)23)14(13)27(9)16)20-28-18(4,5)19(6,7)29-20/h8,15,24H,1-7H3. The maximum Gasteiger partial charge on any atom is 0.495 e. The van der Waals surface area contributed by atoms with Crippen LogP contribution in [0.3, 0.4) is 0 Å². The van der Waals surface area contributed by atoms with Gasteiger partial charge in [0.2, 0.25) is 0 Å². The van der Waals surface area contributed by atoms with E-state index < -0.39 is 36.1 Å². The van der Waals surface area contributed by atoms with Crippen LogP contribution in [-0.2, 0) is 14.8 Å². The van der Waals surface area contributed by atoms with Crippen molar-refractivity contribution in [3.8, 4) is 5.69 Å². The van der Waals surface area contributed by atoms with Gasteiger partial charge in [-0.1, -0.05) is 0 Å². The summed E-state index contributed by atoms with van der Waals surface area (Å²) in [6.07, 6.45) is -2.89. The molecule has 0 spiro atoms. The molecule has 29 heavy (non-hydrogen) atoms. The molecule has 0 atom stereocenters. The van der Waals surface area contributed by atoms with Crippen molar-refractivity contribution in [2.24, 2.45) is 0 Å². The van der Waals surface area contributed by atoms with Gasteiger partial charge >= 0.3 is 7.12 Å². The van der Waals surface area contributed by atoms with Gasteiger partial charge in [0.1, 0.15) is 11.6 Å². The number of aromatic nitrogens is 3. The van der Waals surface area contributed by atoms with Crippen LogP contribution >= 0.6 is 0 Å². The first-order chi connectivity index (χ1) is 13.3. The lowest BCUT2D eigenvalue weighted by Gasteiger charge is -2.35. The van der Waals surface area contributed by atoms with Crippen LogP contribution in [0.5, 0.6) is 0 Å². The summed E-state index contributed by atoms with van der Waals surface area (Å²) in [7, 11) is -1.13. The molecule has 10 heteroatoms. The molecule has 0 saturated carbocycles. The summed E-state index contributed by atoms with van der Waals surface area (Å²) in [4.78, 5) is 0. The summed E-state index contributed by atoms with van der Waals surface area (Å²) < 4.78 is 57.4. The first-order valence-electron chi connectivity index (χ1n) is 9.48. The number of benzene rings is 1. The second-order valence-electron chi connectivity index (χ2n) is 9.13. The fourth-order valence-corrected chi connectivity index (χ4v) is 3.82. The van der Waals surface area contributed by atoms with E-state index >= 15 is 4.39 Å². The summed E-state index contributed by atoms with van der Waals surface area (Å²) in [6.45, 7) is 12.5. The van der Waals surface area contributed by atoms with Gasteiger partial charge in [-0.05, 0) is 60.0 Å². The van der Waals surface area contributed by atoms with Gasteiger partial charge in [0.15, 0.2) is 5.82 Å². The van der Waals surface area contributed by atoms with E-state index in [1.54, 1.807) is 20.8 Å². The van der Waals surface area contributed by atoms with Crippen molar-refractivity contribution < 1.29 is 22.5 Å². The third kappa shape index (κ3) is 2.79. The Morgan fingerprint density at radius 3 is 2.21 bits per heavy atom. The fraction of sp³-hybridized carbons (Fsp3) is 0.579. The molecule has 4 rings (SSSR count). The third-order valence-electron chi connectivity index (χ3n) is 6.09. The first-order valence-corrected chi connectivity index (χ1v) is 9.48. The Hall–Kier alpha value is -2.07. The summed E-state index contributed by atoms with van der Waals surface area (Å²) in [6, 6.07) is 1.08. The summed E-state index contributed by atoms with van der Waals surface area (Å²) in [5, 5.41) is 11.2. The molecule has 1 fully saturated rings. The van der Waals surface area contributed by atoms with Crippen LogP contribution in [0.15, 0.2) is 6.07 Å². The molecule has 0 aliphatic carbocycles. The molecule has 6 nitrogen and oxygen atoms in total. The normalized spacial score (nSPS) is 21.1. The quantitative estimate of drug-likeness (QED) is 0.770. The zero-order chi connectivity index (χ0) is 21.5. The van der Waals surface area contributed by atoms with Gasteiger partial charge in [0.05, 0.1) is 28.1 Å². The smallest absolute Gasteiger partial charge is 0.399 e. The molecule has 1 N–H and O–H groups in total. The van der Waals surface area contributed by atoms with E-state index in [4.69, 9.17) is 9.31 Å². The van der Waals surface area contributed by atoms with Gasteiger partial charge in [-0.2, -0.15) is 0 Å². The van der Waals surface area contributed by atoms with Gasteiger partial charge in [-0.15, -0.1) is 10.2 Å². The summed E-state index contributed by atoms with van der Waals surface area (Å²) in [5.74, 6) is 0.152. The molecule has 0 radical (unpaired) electrons. The Labute approximate surface area is 167 Å². The first kappa shape index (κ1) is 20.2. The molecule has 0 bridgehead atoms. The minimum Gasteiger partial charge on any atom is -0.399 e. The Morgan fingerprint density at radius 1 is 1.07 bits per heavy atom. The summed E-state index contributed by atoms with van der Waals surface area (Å²) in [5.41, 5.74) is -2.69. The monoisotopic (exact) mass is 408 g/mol. The number of aryl methyl sites for hydroxylation is 1. The van der Waals surface area contributed by atoms with E-state index in [0.29, 0.717) is 11.6 Å². The lowest BCUT2D eigenvalue weighted by molar-refractivity contribution is 0.00578. The number of rotatable bonds is 2. The van der Waals surface area contributed by atoms with Crippen LogP contribution in [0, 0.1) is 12.7 Å². The van der Waals surface area contributed by atoms with Crippen LogP contribution in [0.4, 0.5) is 18.9 Å². The summed E-state index contributed by atoms with van der Waals surface area (Å²) >= 11 is 0. The second kappa shape index (κ2) is 5.98. The molecule has 3 heterocycles. The lowest BCUT2D eigenvalue weighted by atomic mass is 9.74. The van der Waals surface area contributed by atoms with Gasteiger partial charge in [-0.25, -0.2) is 13.2 Å². The number of nitrogens with one attached hydrogen (secondary N) is 1. The van der Waals surface area contributed by atoms with Crippen LogP contribution in [0.25, 0.3) is 5.69 Å². The van der Waals surface area contributed by atoms with Crippen molar-refractivity contribution in [1.82, 2.24) is 14.8 Å². The highest BCUT2D eigenvalue weighted by Crippen LogP contribution is 2.43. The van der Waals surface area contributed by atoms with Gasteiger partial charge in [-0.3, -0.25) is 4.57 Å². The van der Waals surface area contributed by atoms with E-state index in [2.05, 4.69) is 15.5 Å². The van der Waals surface area contributed by atoms with Crippen molar-refractivity contribution in [2.45, 2.75) is 71.6 Å². The number of hydrogen-bond donors (Lipinski definition) is 1. The van der Waals surface area contributed by atoms with Crippen molar-refractivity contribution in [3.63, 3.8) is 0 Å². The second-order valence-corrected chi connectivity index (χ2v) is 9.13. The number of fused-ring (bicyclic) bond motifs is 3. The van der Waals surface area contributed by atoms with E-state index in [9.17, 15) is 8.78 Å². The predicted molar refractivity (Wildman–Crippen MR) is 103 cm³/mol. The fourth-order valence-electron chi connectivity index (χ4n) is 3.82. The van der Waals surface area contributed by atoms with Crippen LogP contribution in [-0.4, -0.2) is 33.1 Å². The molecule has 2 aliphatic heterocycles. The average molecular weight is 408 g/mol. The van der Waals surface area contributed by atoms with Crippen LogP contribution < -0.4 is 10.8 Å². The molecule has 2 aromatic rings. The van der Waals surface area contributed by atoms with Crippen LogP contribution in [0.2, 0.25) is 0 Å². The Morgan fingerprint density at radius 2 is 1.66 bits per heavy atom. The molecule has 156 valence electrons. The molecule has 1 saturated heterocycles. The molecule has 0 unspecified atom stereocenters. The zero-order valence-corrected chi connectivity index (χ0v) is 17.5. The van der Waals surface area contributed by atoms with E-state index in [-0.39, 0.29) is 22.4 Å². The van der Waals surface area contributed by atoms with Crippen molar-refractivity contribution >= 4 is 18.3 Å². The SMILES string of the molecule is Cc1nnc2n1-c1c(c(F)cc(B3OC(C)(C)C(C)(C)O3)c1C(F)F)NC2(C)C. The van der Waals surface area contributed by atoms with Crippen molar-refractivity contribution in [1.29, 1.82) is 0 Å². The molecule has 0 amide bonds. The zero-order valence-electron chi connectivity index (χ0n) is 17.5. The number of nitrogens with zero attached hydrogens (tertiary/aromatic N) is 3. The number of alkyl halides is 2.